The minimum Gasteiger partial charge on any atom is -0.387 e. The van der Waals surface area contributed by atoms with E-state index in [0.29, 0.717) is 0 Å². The first-order chi connectivity index (χ1) is 8.81. The van der Waals surface area contributed by atoms with Crippen LogP contribution < -0.4 is 11.5 Å². The minimum atomic E-state index is -0.867. The summed E-state index contributed by atoms with van der Waals surface area (Å²) in [6, 6.07) is 2.61. The van der Waals surface area contributed by atoms with Gasteiger partial charge < -0.3 is 11.5 Å². The molecular weight excluding hydrogens is 188 g/mol. The summed E-state index contributed by atoms with van der Waals surface area (Å²) in [7, 11) is 0. The van der Waals surface area contributed by atoms with Crippen LogP contribution in [0.25, 0.3) is 0 Å². The lowest BCUT2D eigenvalue weighted by Gasteiger charge is -1.97. The summed E-state index contributed by atoms with van der Waals surface area (Å²) in [5, 5.41) is 0. The Balaban J connectivity index is 2.90. The Labute approximate surface area is 95.3 Å². The van der Waals surface area contributed by atoms with E-state index in [0.717, 1.165) is 0 Å². The largest absolute Gasteiger partial charge is 0.387 e. The van der Waals surface area contributed by atoms with Gasteiger partial charge in [-0.2, -0.15) is 0 Å². The molecule has 4 nitrogen and oxygen atoms in total. The van der Waals surface area contributed by atoms with Gasteiger partial charge in [0, 0.05) is 7.92 Å². The molecule has 1 aromatic rings. The van der Waals surface area contributed by atoms with Crippen molar-refractivity contribution in [3.05, 3.63) is 35.8 Å². The zero-order valence-corrected chi connectivity index (χ0v) is 8.49. The summed E-state index contributed by atoms with van der Waals surface area (Å²) >= 11 is 0. The Morgan fingerprint density at radius 3 is 3.07 bits per heavy atom. The van der Waals surface area contributed by atoms with Gasteiger partial charge in [0.05, 0.1) is 9.95 Å². The van der Waals surface area contributed by atoms with E-state index in [2.05, 4.69) is 9.98 Å². The van der Waals surface area contributed by atoms with Gasteiger partial charge in [-0.15, -0.1) is 0 Å². The molecule has 4 N–H and O–H groups in total. The molecule has 0 saturated carbocycles. The Morgan fingerprint density at radius 2 is 2.33 bits per heavy atom. The van der Waals surface area contributed by atoms with E-state index >= 15 is 0 Å². The first-order valence-electron chi connectivity index (χ1n) is 6.49. The maximum absolute atomic E-state index is 7.89. The van der Waals surface area contributed by atoms with E-state index in [1.807, 2.05) is 0 Å². The van der Waals surface area contributed by atoms with Crippen LogP contribution in [0.1, 0.15) is 18.0 Å². The van der Waals surface area contributed by atoms with Crippen molar-refractivity contribution in [1.29, 1.82) is 0 Å². The van der Waals surface area contributed by atoms with E-state index < -0.39 is 6.40 Å². The normalized spacial score (nSPS) is 18.7. The van der Waals surface area contributed by atoms with Gasteiger partial charge in [0.25, 0.3) is 0 Å². The molecule has 1 rings (SSSR count). The summed E-state index contributed by atoms with van der Waals surface area (Å²) in [4.78, 5) is 7.59. The third-order valence-electron chi connectivity index (χ3n) is 1.47. The van der Waals surface area contributed by atoms with Gasteiger partial charge in [-0.25, -0.2) is 4.99 Å². The second kappa shape index (κ2) is 5.80. The Morgan fingerprint density at radius 1 is 1.53 bits per heavy atom. The number of hydrogen-bond donors (Lipinski definition) is 2. The van der Waals surface area contributed by atoms with Gasteiger partial charge in [-0.1, -0.05) is 30.3 Å². The molecule has 0 heterocycles. The van der Waals surface area contributed by atoms with Crippen LogP contribution in [0, 0.1) is 0 Å². The van der Waals surface area contributed by atoms with Crippen molar-refractivity contribution in [1.82, 2.24) is 0 Å². The number of nitrogens with two attached hydrogens (primary N) is 2. The molecule has 0 fully saturated rings. The fourth-order valence-electron chi connectivity index (χ4n) is 0.892. The van der Waals surface area contributed by atoms with E-state index in [1.54, 1.807) is 6.92 Å². The highest BCUT2D eigenvalue weighted by Gasteiger charge is 1.91. The molecule has 1 aromatic carbocycles. The maximum atomic E-state index is 7.89. The van der Waals surface area contributed by atoms with Crippen LogP contribution in [0.2, 0.25) is 0 Å². The third-order valence-corrected chi connectivity index (χ3v) is 1.47. The summed E-state index contributed by atoms with van der Waals surface area (Å²) in [6.45, 7) is 1.57. The Kier molecular flexibility index (Phi) is 2.55. The second-order valence-corrected chi connectivity index (χ2v) is 2.84. The topological polar surface area (TPSA) is 76.8 Å². The number of aliphatic imine (C=N–C) groups is 2. The van der Waals surface area contributed by atoms with Gasteiger partial charge in [0.1, 0.15) is 0 Å². The lowest BCUT2D eigenvalue weighted by molar-refractivity contribution is 0.962. The molecule has 0 aromatic heterocycles. The number of hydrogen-bond acceptors (Lipinski definition) is 1. The monoisotopic (exact) mass is 208 g/mol. The van der Waals surface area contributed by atoms with E-state index in [1.165, 1.54) is 12.1 Å². The highest BCUT2D eigenvalue weighted by molar-refractivity contribution is 5.93. The van der Waals surface area contributed by atoms with E-state index in [9.17, 15) is 0 Å². The van der Waals surface area contributed by atoms with E-state index in [4.69, 9.17) is 17.0 Å². The van der Waals surface area contributed by atoms with Crippen molar-refractivity contribution in [2.75, 3.05) is 6.54 Å². The predicted octanol–water partition coefficient (Wildman–Crippen LogP) is 0.921. The zero-order chi connectivity index (χ0) is 14.6. The average molecular weight is 208 g/mol. The number of guanidine groups is 1. The number of benzene rings is 1. The number of nitrogens with zero attached hydrogens (tertiary/aromatic N) is 2. The molecule has 0 spiro atoms. The van der Waals surface area contributed by atoms with Crippen molar-refractivity contribution >= 4 is 11.8 Å². The van der Waals surface area contributed by atoms with Gasteiger partial charge in [0.15, 0.2) is 0 Å². The van der Waals surface area contributed by atoms with Crippen molar-refractivity contribution in [3.63, 3.8) is 0 Å². The van der Waals surface area contributed by atoms with Crippen LogP contribution >= 0.6 is 0 Å². The predicted molar refractivity (Wildman–Crippen MR) is 63.9 cm³/mol. The lowest BCUT2D eigenvalue weighted by Crippen LogP contribution is -2.16. The highest BCUT2D eigenvalue weighted by Crippen LogP contribution is 1.99. The number of rotatable bonds is 3. The second-order valence-electron chi connectivity index (χ2n) is 2.84. The molecule has 80 valence electrons. The maximum Gasteiger partial charge on any atom is 0.216 e. The zero-order valence-electron chi connectivity index (χ0n) is 12.5. The highest BCUT2D eigenvalue weighted by atomic mass is 15.1. The first kappa shape index (κ1) is 6.61. The van der Waals surface area contributed by atoms with Crippen LogP contribution in [0.15, 0.2) is 40.2 Å². The molecule has 0 radical (unpaired) electrons. The molecule has 0 aliphatic heterocycles. The van der Waals surface area contributed by atoms with Crippen LogP contribution in [0.4, 0.5) is 0 Å². The fraction of sp³-hybridized carbons (Fsp3) is 0.273. The van der Waals surface area contributed by atoms with E-state index in [-0.39, 0.29) is 42.0 Å². The Bertz CT molecular complexity index is 524. The fourth-order valence-corrected chi connectivity index (χ4v) is 0.892. The Hall–Kier alpha value is -1.84. The molecule has 0 saturated heterocycles. The SMILES string of the molecule is [2H]c1cc([2H])c([2H])c(C([2H])CN=C(N)N=C(C)N)c1. The molecule has 0 aliphatic carbocycles. The van der Waals surface area contributed by atoms with Gasteiger partial charge in [-0.05, 0) is 18.9 Å². The van der Waals surface area contributed by atoms with Crippen LogP contribution in [0.3, 0.4) is 0 Å². The van der Waals surface area contributed by atoms with Crippen molar-refractivity contribution in [3.8, 4) is 0 Å². The van der Waals surface area contributed by atoms with Crippen LogP contribution in [-0.4, -0.2) is 18.3 Å². The van der Waals surface area contributed by atoms with Gasteiger partial charge in [0.2, 0.25) is 5.96 Å². The molecule has 1 unspecified atom stereocenters. The summed E-state index contributed by atoms with van der Waals surface area (Å²) in [6.07, 6.45) is -0.867. The standard InChI is InChI=1S/C11H16N4/c1-9(12)15-11(13)14-8-7-10-5-3-2-4-6-10/h2-6H,7-8H2,1H3,(H4,12,13,14,15)/i3D,4D,5D,7D. The van der Waals surface area contributed by atoms with Gasteiger partial charge >= 0.3 is 0 Å². The number of amidine groups is 1. The van der Waals surface area contributed by atoms with Crippen molar-refractivity contribution < 1.29 is 5.48 Å². The summed E-state index contributed by atoms with van der Waals surface area (Å²) in [5.41, 5.74) is 11.1. The molecule has 0 bridgehead atoms. The molecule has 0 aliphatic rings. The van der Waals surface area contributed by atoms with Gasteiger partial charge in [-0.3, -0.25) is 4.99 Å². The molecule has 4 heteroatoms. The molecule has 1 atom stereocenters. The smallest absolute Gasteiger partial charge is 0.216 e. The third kappa shape index (κ3) is 4.81. The molecular formula is C11H16N4. The summed E-state index contributed by atoms with van der Waals surface area (Å²) in [5.74, 6) is 0.238. The average Bonchev–Trinajstić information content (AvgIpc) is 2.29. The summed E-state index contributed by atoms with van der Waals surface area (Å²) < 4.78 is 30.6. The van der Waals surface area contributed by atoms with Crippen LogP contribution in [-0.2, 0) is 6.40 Å². The molecule has 15 heavy (non-hydrogen) atoms. The quantitative estimate of drug-likeness (QED) is 0.572. The van der Waals surface area contributed by atoms with Crippen molar-refractivity contribution in [2.45, 2.75) is 13.3 Å². The lowest BCUT2D eigenvalue weighted by atomic mass is 10.2. The van der Waals surface area contributed by atoms with Crippen molar-refractivity contribution in [2.24, 2.45) is 21.5 Å². The van der Waals surface area contributed by atoms with Crippen LogP contribution in [0.5, 0.6) is 0 Å². The minimum absolute atomic E-state index is 0.00259. The first-order valence-corrected chi connectivity index (χ1v) is 4.42. The molecule has 0 amide bonds.